The number of carbonyl (C=O) groups excluding carboxylic acids is 1. The van der Waals surface area contributed by atoms with Crippen LogP contribution in [0.25, 0.3) is 0 Å². The Bertz CT molecular complexity index is 285. The Kier molecular flexibility index (Phi) is 5.36. The Balaban J connectivity index is 2.14. The molecule has 0 aliphatic carbocycles. The van der Waals surface area contributed by atoms with Crippen LogP contribution in [0, 0.1) is 5.92 Å². The molecule has 0 saturated heterocycles. The summed E-state index contributed by atoms with van der Waals surface area (Å²) in [6, 6.07) is 4.01. The first-order valence-corrected chi connectivity index (χ1v) is 6.09. The van der Waals surface area contributed by atoms with Crippen molar-refractivity contribution in [2.75, 3.05) is 6.54 Å². The van der Waals surface area contributed by atoms with E-state index in [4.69, 9.17) is 5.73 Å². The van der Waals surface area contributed by atoms with Crippen molar-refractivity contribution in [3.8, 4) is 0 Å². The molecule has 1 amide bonds. The van der Waals surface area contributed by atoms with Gasteiger partial charge in [0.05, 0.1) is 6.54 Å². The van der Waals surface area contributed by atoms with Gasteiger partial charge in [-0.15, -0.1) is 11.3 Å². The molecule has 1 aromatic heterocycles. The summed E-state index contributed by atoms with van der Waals surface area (Å²) in [5.74, 6) is 0.543. The van der Waals surface area contributed by atoms with Crippen LogP contribution in [0.15, 0.2) is 17.5 Å². The highest BCUT2D eigenvalue weighted by molar-refractivity contribution is 7.09. The number of rotatable bonds is 6. The Morgan fingerprint density at radius 1 is 1.67 bits per heavy atom. The van der Waals surface area contributed by atoms with E-state index in [1.54, 1.807) is 11.3 Å². The molecule has 0 radical (unpaired) electrons. The third-order valence-electron chi connectivity index (χ3n) is 2.31. The van der Waals surface area contributed by atoms with Crippen molar-refractivity contribution in [3.63, 3.8) is 0 Å². The minimum atomic E-state index is 0.115. The van der Waals surface area contributed by atoms with Gasteiger partial charge in [0.15, 0.2) is 0 Å². The minimum absolute atomic E-state index is 0.115. The fraction of sp³-hybridized carbons (Fsp3) is 0.545. The predicted molar refractivity (Wildman–Crippen MR) is 63.6 cm³/mol. The van der Waals surface area contributed by atoms with Crippen molar-refractivity contribution in [2.24, 2.45) is 11.7 Å². The van der Waals surface area contributed by atoms with Crippen molar-refractivity contribution in [2.45, 2.75) is 26.3 Å². The molecule has 0 bridgehead atoms. The van der Waals surface area contributed by atoms with E-state index in [2.05, 4.69) is 12.2 Å². The van der Waals surface area contributed by atoms with Crippen LogP contribution < -0.4 is 11.1 Å². The molecule has 1 atom stereocenters. The summed E-state index contributed by atoms with van der Waals surface area (Å²) in [6.07, 6.45) is 1.44. The molecule has 0 aliphatic rings. The molecule has 0 aromatic carbocycles. The first kappa shape index (κ1) is 12.2. The lowest BCUT2D eigenvalue weighted by atomic mass is 10.1. The zero-order chi connectivity index (χ0) is 11.1. The third kappa shape index (κ3) is 4.95. The fourth-order valence-electron chi connectivity index (χ4n) is 1.18. The quantitative estimate of drug-likeness (QED) is 0.776. The van der Waals surface area contributed by atoms with E-state index in [0.29, 0.717) is 25.4 Å². The van der Waals surface area contributed by atoms with E-state index >= 15 is 0 Å². The number of amides is 1. The largest absolute Gasteiger partial charge is 0.351 e. The van der Waals surface area contributed by atoms with Gasteiger partial charge in [-0.1, -0.05) is 13.0 Å². The van der Waals surface area contributed by atoms with E-state index in [1.807, 2.05) is 17.5 Å². The van der Waals surface area contributed by atoms with Gasteiger partial charge in [0, 0.05) is 11.3 Å². The molecule has 0 saturated carbocycles. The van der Waals surface area contributed by atoms with Gasteiger partial charge in [-0.05, 0) is 30.3 Å². The van der Waals surface area contributed by atoms with Crippen molar-refractivity contribution in [1.82, 2.24) is 5.32 Å². The van der Waals surface area contributed by atoms with Crippen LogP contribution in [0.1, 0.15) is 24.6 Å². The molecule has 84 valence electrons. The lowest BCUT2D eigenvalue weighted by Gasteiger charge is -2.07. The second-order valence-electron chi connectivity index (χ2n) is 3.74. The highest BCUT2D eigenvalue weighted by Gasteiger charge is 2.05. The fourth-order valence-corrected chi connectivity index (χ4v) is 1.83. The molecule has 3 N–H and O–H groups in total. The summed E-state index contributed by atoms with van der Waals surface area (Å²) in [5, 5.41) is 4.91. The number of hydrogen-bond acceptors (Lipinski definition) is 3. The summed E-state index contributed by atoms with van der Waals surface area (Å²) in [6.45, 7) is 3.36. The highest BCUT2D eigenvalue weighted by atomic mass is 32.1. The van der Waals surface area contributed by atoms with Gasteiger partial charge in [-0.3, -0.25) is 4.79 Å². The van der Waals surface area contributed by atoms with Gasteiger partial charge < -0.3 is 11.1 Å². The van der Waals surface area contributed by atoms with E-state index in [0.717, 1.165) is 6.42 Å². The van der Waals surface area contributed by atoms with E-state index in [-0.39, 0.29) is 5.91 Å². The molecule has 1 aromatic rings. The van der Waals surface area contributed by atoms with Gasteiger partial charge in [0.25, 0.3) is 0 Å². The van der Waals surface area contributed by atoms with Gasteiger partial charge in [0.2, 0.25) is 5.91 Å². The maximum Gasteiger partial charge on any atom is 0.220 e. The SMILES string of the molecule is CC(CN)CCC(=O)NCc1cccs1. The summed E-state index contributed by atoms with van der Waals surface area (Å²) >= 11 is 1.66. The van der Waals surface area contributed by atoms with Gasteiger partial charge in [0.1, 0.15) is 0 Å². The van der Waals surface area contributed by atoms with Crippen LogP contribution in [0.5, 0.6) is 0 Å². The standard InChI is InChI=1S/C11H18N2OS/c1-9(7-12)4-5-11(14)13-8-10-3-2-6-15-10/h2-3,6,9H,4-5,7-8,12H2,1H3,(H,13,14). The van der Waals surface area contributed by atoms with Crippen LogP contribution in [0.3, 0.4) is 0 Å². The summed E-state index contributed by atoms with van der Waals surface area (Å²) in [4.78, 5) is 12.6. The lowest BCUT2D eigenvalue weighted by molar-refractivity contribution is -0.121. The van der Waals surface area contributed by atoms with Crippen LogP contribution in [0.4, 0.5) is 0 Å². The van der Waals surface area contributed by atoms with Gasteiger partial charge in [-0.2, -0.15) is 0 Å². The average Bonchev–Trinajstić information content (AvgIpc) is 2.75. The molecule has 1 rings (SSSR count). The molecule has 3 nitrogen and oxygen atoms in total. The number of nitrogens with two attached hydrogens (primary N) is 1. The number of thiophene rings is 1. The number of hydrogen-bond donors (Lipinski definition) is 2. The first-order chi connectivity index (χ1) is 7.22. The molecule has 1 unspecified atom stereocenters. The van der Waals surface area contributed by atoms with Crippen molar-refractivity contribution in [3.05, 3.63) is 22.4 Å². The topological polar surface area (TPSA) is 55.1 Å². The van der Waals surface area contributed by atoms with Crippen molar-refractivity contribution in [1.29, 1.82) is 0 Å². The van der Waals surface area contributed by atoms with Crippen LogP contribution in [-0.4, -0.2) is 12.5 Å². The van der Waals surface area contributed by atoms with Crippen LogP contribution in [0.2, 0.25) is 0 Å². The molecular weight excluding hydrogens is 208 g/mol. The van der Waals surface area contributed by atoms with E-state index in [9.17, 15) is 4.79 Å². The van der Waals surface area contributed by atoms with Crippen molar-refractivity contribution >= 4 is 17.2 Å². The molecule has 15 heavy (non-hydrogen) atoms. The molecule has 1 heterocycles. The molecule has 0 fully saturated rings. The Hall–Kier alpha value is -0.870. The second-order valence-corrected chi connectivity index (χ2v) is 4.77. The van der Waals surface area contributed by atoms with Crippen LogP contribution >= 0.6 is 11.3 Å². The maximum absolute atomic E-state index is 11.4. The Morgan fingerprint density at radius 2 is 2.47 bits per heavy atom. The summed E-state index contributed by atoms with van der Waals surface area (Å²) < 4.78 is 0. The number of nitrogens with one attached hydrogen (secondary N) is 1. The summed E-state index contributed by atoms with van der Waals surface area (Å²) in [7, 11) is 0. The highest BCUT2D eigenvalue weighted by Crippen LogP contribution is 2.08. The maximum atomic E-state index is 11.4. The van der Waals surface area contributed by atoms with Gasteiger partial charge in [-0.25, -0.2) is 0 Å². The average molecular weight is 226 g/mol. The zero-order valence-corrected chi connectivity index (χ0v) is 9.85. The molecule has 0 spiro atoms. The molecule has 0 aliphatic heterocycles. The first-order valence-electron chi connectivity index (χ1n) is 5.21. The van der Waals surface area contributed by atoms with Gasteiger partial charge >= 0.3 is 0 Å². The second kappa shape index (κ2) is 6.58. The number of carbonyl (C=O) groups is 1. The smallest absolute Gasteiger partial charge is 0.220 e. The zero-order valence-electron chi connectivity index (χ0n) is 9.03. The molecule has 4 heteroatoms. The Morgan fingerprint density at radius 3 is 3.07 bits per heavy atom. The van der Waals surface area contributed by atoms with Crippen LogP contribution in [-0.2, 0) is 11.3 Å². The predicted octanol–water partition coefficient (Wildman–Crippen LogP) is 1.74. The normalized spacial score (nSPS) is 12.4. The van der Waals surface area contributed by atoms with E-state index < -0.39 is 0 Å². The lowest BCUT2D eigenvalue weighted by Crippen LogP contribution is -2.23. The van der Waals surface area contributed by atoms with E-state index in [1.165, 1.54) is 4.88 Å². The Labute approximate surface area is 94.7 Å². The minimum Gasteiger partial charge on any atom is -0.351 e. The third-order valence-corrected chi connectivity index (χ3v) is 3.18. The monoisotopic (exact) mass is 226 g/mol. The molecular formula is C11H18N2OS. The summed E-state index contributed by atoms with van der Waals surface area (Å²) in [5.41, 5.74) is 5.48. The van der Waals surface area contributed by atoms with Crippen molar-refractivity contribution < 1.29 is 4.79 Å².